The lowest BCUT2D eigenvalue weighted by molar-refractivity contribution is -0.137. The van der Waals surface area contributed by atoms with Crippen LogP contribution in [0, 0.1) is 6.92 Å². The molecule has 0 aliphatic carbocycles. The SMILES string of the molecule is Cc1cnc(NC(=O)Cc2csc(-c3ccc(C(F)(F)F)cc3)n2)s1. The zero-order chi connectivity index (χ0) is 18.0. The summed E-state index contributed by atoms with van der Waals surface area (Å²) in [5.74, 6) is -0.237. The molecule has 0 aliphatic rings. The number of amides is 1. The van der Waals surface area contributed by atoms with Gasteiger partial charge in [-0.05, 0) is 19.1 Å². The van der Waals surface area contributed by atoms with Crippen LogP contribution in [0.3, 0.4) is 0 Å². The molecule has 0 bridgehead atoms. The van der Waals surface area contributed by atoms with Gasteiger partial charge in [-0.15, -0.1) is 22.7 Å². The van der Waals surface area contributed by atoms with Crippen molar-refractivity contribution < 1.29 is 18.0 Å². The van der Waals surface area contributed by atoms with Gasteiger partial charge in [0.25, 0.3) is 0 Å². The molecule has 0 unspecified atom stereocenters. The highest BCUT2D eigenvalue weighted by molar-refractivity contribution is 7.15. The van der Waals surface area contributed by atoms with Crippen molar-refractivity contribution in [1.82, 2.24) is 9.97 Å². The number of anilines is 1. The quantitative estimate of drug-likeness (QED) is 0.706. The van der Waals surface area contributed by atoms with Crippen molar-refractivity contribution in [3.05, 3.63) is 52.0 Å². The first-order chi connectivity index (χ1) is 11.8. The Morgan fingerprint density at radius 3 is 2.56 bits per heavy atom. The Morgan fingerprint density at radius 1 is 1.24 bits per heavy atom. The number of alkyl halides is 3. The minimum Gasteiger partial charge on any atom is -0.302 e. The van der Waals surface area contributed by atoms with Gasteiger partial charge < -0.3 is 5.32 Å². The Labute approximate surface area is 149 Å². The third-order valence-corrected chi connectivity index (χ3v) is 4.99. The second-order valence-electron chi connectivity index (χ2n) is 5.22. The molecular weight excluding hydrogens is 371 g/mol. The smallest absolute Gasteiger partial charge is 0.302 e. The molecule has 1 amide bonds. The van der Waals surface area contributed by atoms with E-state index < -0.39 is 11.7 Å². The van der Waals surface area contributed by atoms with Crippen molar-refractivity contribution in [3.8, 4) is 10.6 Å². The van der Waals surface area contributed by atoms with Gasteiger partial charge in [0.15, 0.2) is 5.13 Å². The summed E-state index contributed by atoms with van der Waals surface area (Å²) < 4.78 is 37.8. The van der Waals surface area contributed by atoms with E-state index in [0.717, 1.165) is 17.0 Å². The number of hydrogen-bond acceptors (Lipinski definition) is 5. The minimum absolute atomic E-state index is 0.0791. The highest BCUT2D eigenvalue weighted by Crippen LogP contribution is 2.31. The van der Waals surface area contributed by atoms with Crippen LogP contribution in [0.2, 0.25) is 0 Å². The van der Waals surface area contributed by atoms with Gasteiger partial charge in [-0.25, -0.2) is 9.97 Å². The molecular formula is C16H12F3N3OS2. The molecule has 0 saturated heterocycles. The maximum atomic E-state index is 12.6. The van der Waals surface area contributed by atoms with E-state index in [9.17, 15) is 18.0 Å². The van der Waals surface area contributed by atoms with Crippen LogP contribution in [0.5, 0.6) is 0 Å². The largest absolute Gasteiger partial charge is 0.416 e. The molecule has 1 aromatic carbocycles. The van der Waals surface area contributed by atoms with Gasteiger partial charge in [-0.2, -0.15) is 13.2 Å². The van der Waals surface area contributed by atoms with Gasteiger partial charge in [-0.3, -0.25) is 4.79 Å². The summed E-state index contributed by atoms with van der Waals surface area (Å²) in [5, 5.41) is 5.51. The van der Waals surface area contributed by atoms with Crippen LogP contribution in [0.4, 0.5) is 18.3 Å². The summed E-state index contributed by atoms with van der Waals surface area (Å²) in [6.07, 6.45) is -2.61. The van der Waals surface area contributed by atoms with Crippen LogP contribution in [-0.4, -0.2) is 15.9 Å². The summed E-state index contributed by atoms with van der Waals surface area (Å²) in [7, 11) is 0. The predicted octanol–water partition coefficient (Wildman–Crippen LogP) is 4.78. The van der Waals surface area contributed by atoms with E-state index in [-0.39, 0.29) is 12.3 Å². The number of rotatable bonds is 4. The second-order valence-corrected chi connectivity index (χ2v) is 7.31. The summed E-state index contributed by atoms with van der Waals surface area (Å²) in [6, 6.07) is 4.80. The Bertz CT molecular complexity index is 885. The van der Waals surface area contributed by atoms with Crippen LogP contribution in [0.1, 0.15) is 16.1 Å². The molecule has 0 saturated carbocycles. The Hall–Kier alpha value is -2.26. The van der Waals surface area contributed by atoms with E-state index in [2.05, 4.69) is 15.3 Å². The van der Waals surface area contributed by atoms with Gasteiger partial charge in [0.1, 0.15) is 5.01 Å². The van der Waals surface area contributed by atoms with Gasteiger partial charge in [0.2, 0.25) is 5.91 Å². The predicted molar refractivity (Wildman–Crippen MR) is 91.7 cm³/mol. The molecule has 3 rings (SSSR count). The summed E-state index contributed by atoms with van der Waals surface area (Å²) in [6.45, 7) is 1.89. The normalized spacial score (nSPS) is 11.5. The first-order valence-electron chi connectivity index (χ1n) is 7.15. The lowest BCUT2D eigenvalue weighted by atomic mass is 10.1. The fourth-order valence-electron chi connectivity index (χ4n) is 2.06. The number of aromatic nitrogens is 2. The average molecular weight is 383 g/mol. The fourth-order valence-corrected chi connectivity index (χ4v) is 3.57. The Kier molecular flexibility index (Phi) is 4.87. The number of nitrogens with zero attached hydrogens (tertiary/aromatic N) is 2. The van der Waals surface area contributed by atoms with E-state index in [1.165, 1.54) is 34.8 Å². The van der Waals surface area contributed by atoms with Gasteiger partial charge in [-0.1, -0.05) is 12.1 Å². The first-order valence-corrected chi connectivity index (χ1v) is 8.85. The molecule has 2 heterocycles. The number of carbonyl (C=O) groups excluding carboxylic acids is 1. The van der Waals surface area contributed by atoms with Crippen LogP contribution in [-0.2, 0) is 17.4 Å². The van der Waals surface area contributed by atoms with Crippen molar-refractivity contribution in [2.75, 3.05) is 5.32 Å². The van der Waals surface area contributed by atoms with Crippen LogP contribution >= 0.6 is 22.7 Å². The minimum atomic E-state index is -4.36. The molecule has 0 radical (unpaired) electrons. The topological polar surface area (TPSA) is 54.9 Å². The van der Waals surface area contributed by atoms with E-state index in [1.54, 1.807) is 11.6 Å². The van der Waals surface area contributed by atoms with Crippen molar-refractivity contribution >= 4 is 33.7 Å². The third kappa shape index (κ3) is 4.43. The molecule has 25 heavy (non-hydrogen) atoms. The van der Waals surface area contributed by atoms with Gasteiger partial charge in [0.05, 0.1) is 17.7 Å². The fraction of sp³-hybridized carbons (Fsp3) is 0.188. The molecule has 2 aromatic heterocycles. The Morgan fingerprint density at radius 2 is 1.96 bits per heavy atom. The van der Waals surface area contributed by atoms with Crippen molar-refractivity contribution in [3.63, 3.8) is 0 Å². The zero-order valence-electron chi connectivity index (χ0n) is 12.9. The summed E-state index contributed by atoms with van der Waals surface area (Å²) in [5.41, 5.74) is 0.442. The molecule has 3 aromatic rings. The van der Waals surface area contributed by atoms with E-state index in [0.29, 0.717) is 21.4 Å². The molecule has 9 heteroatoms. The van der Waals surface area contributed by atoms with Crippen molar-refractivity contribution in [1.29, 1.82) is 0 Å². The summed E-state index contributed by atoms with van der Waals surface area (Å²) in [4.78, 5) is 21.4. The number of aryl methyl sites for hydroxylation is 1. The maximum Gasteiger partial charge on any atom is 0.416 e. The van der Waals surface area contributed by atoms with Crippen molar-refractivity contribution in [2.45, 2.75) is 19.5 Å². The summed E-state index contributed by atoms with van der Waals surface area (Å²) >= 11 is 2.66. The Balaban J connectivity index is 1.66. The zero-order valence-corrected chi connectivity index (χ0v) is 14.6. The molecule has 0 aliphatic heterocycles. The average Bonchev–Trinajstić information content (AvgIpc) is 3.16. The number of halogens is 3. The van der Waals surface area contributed by atoms with Crippen LogP contribution in [0.25, 0.3) is 10.6 Å². The number of nitrogens with one attached hydrogen (secondary N) is 1. The molecule has 0 spiro atoms. The number of benzene rings is 1. The van der Waals surface area contributed by atoms with Gasteiger partial charge >= 0.3 is 6.18 Å². The van der Waals surface area contributed by atoms with Gasteiger partial charge in [0, 0.05) is 22.0 Å². The lowest BCUT2D eigenvalue weighted by Gasteiger charge is -2.06. The highest BCUT2D eigenvalue weighted by atomic mass is 32.1. The molecule has 1 N–H and O–H groups in total. The lowest BCUT2D eigenvalue weighted by Crippen LogP contribution is -2.14. The monoisotopic (exact) mass is 383 g/mol. The van der Waals surface area contributed by atoms with E-state index >= 15 is 0 Å². The number of thiazole rings is 2. The van der Waals surface area contributed by atoms with Crippen molar-refractivity contribution in [2.24, 2.45) is 0 Å². The van der Waals surface area contributed by atoms with Crippen LogP contribution in [0.15, 0.2) is 35.8 Å². The molecule has 0 fully saturated rings. The first kappa shape index (κ1) is 17.6. The standard InChI is InChI=1S/C16H12F3N3OS2/c1-9-7-20-15(25-9)22-13(23)6-12-8-24-14(21-12)10-2-4-11(5-3-10)16(17,18)19/h2-5,7-8H,6H2,1H3,(H,20,22,23). The third-order valence-electron chi connectivity index (χ3n) is 3.22. The number of carbonyl (C=O) groups is 1. The van der Waals surface area contributed by atoms with Crippen LogP contribution < -0.4 is 5.32 Å². The second kappa shape index (κ2) is 6.93. The number of hydrogen-bond donors (Lipinski definition) is 1. The van der Waals surface area contributed by atoms with E-state index in [1.807, 2.05) is 6.92 Å². The highest BCUT2D eigenvalue weighted by Gasteiger charge is 2.30. The molecule has 4 nitrogen and oxygen atoms in total. The van der Waals surface area contributed by atoms with E-state index in [4.69, 9.17) is 0 Å². The maximum absolute atomic E-state index is 12.6. The molecule has 130 valence electrons. The molecule has 0 atom stereocenters.